The van der Waals surface area contributed by atoms with Gasteiger partial charge in [-0.05, 0) is 0 Å². The molecule has 0 aliphatic carbocycles. The van der Waals surface area contributed by atoms with Crippen molar-refractivity contribution >= 4 is 11.9 Å². The van der Waals surface area contributed by atoms with Gasteiger partial charge in [0.1, 0.15) is 0 Å². The SMILES string of the molecule is O=C(O)CN(CCOCCOCCN(CCOO)CCOO)CC(=O)O. The number of ether oxygens (including phenoxy) is 2. The van der Waals surface area contributed by atoms with Gasteiger partial charge in [-0.1, -0.05) is 0 Å². The molecule has 0 bridgehead atoms. The number of aliphatic carboxylic acids is 2. The van der Waals surface area contributed by atoms with Crippen LogP contribution in [0.3, 0.4) is 0 Å². The summed E-state index contributed by atoms with van der Waals surface area (Å²) in [5.74, 6) is -2.20. The number of nitrogens with zero attached hydrogens (tertiary/aromatic N) is 2. The summed E-state index contributed by atoms with van der Waals surface area (Å²) in [6.07, 6.45) is 0. The Morgan fingerprint density at radius 2 is 1.00 bits per heavy atom. The van der Waals surface area contributed by atoms with Gasteiger partial charge in [0, 0.05) is 26.2 Å². The van der Waals surface area contributed by atoms with Gasteiger partial charge in [-0.15, -0.1) is 0 Å². The lowest BCUT2D eigenvalue weighted by Gasteiger charge is -2.20. The first-order chi connectivity index (χ1) is 12.5. The van der Waals surface area contributed by atoms with Crippen molar-refractivity contribution in [2.45, 2.75) is 0 Å². The van der Waals surface area contributed by atoms with E-state index in [0.717, 1.165) is 0 Å². The second-order valence-electron chi connectivity index (χ2n) is 5.23. The van der Waals surface area contributed by atoms with E-state index in [1.54, 1.807) is 0 Å². The topological polar surface area (TPSA) is 158 Å². The van der Waals surface area contributed by atoms with Gasteiger partial charge in [0.15, 0.2) is 0 Å². The Kier molecular flexibility index (Phi) is 16.1. The van der Waals surface area contributed by atoms with Gasteiger partial charge in [0.05, 0.1) is 52.7 Å². The van der Waals surface area contributed by atoms with Gasteiger partial charge in [-0.3, -0.25) is 29.9 Å². The minimum atomic E-state index is -1.10. The van der Waals surface area contributed by atoms with Crippen LogP contribution in [0.15, 0.2) is 0 Å². The van der Waals surface area contributed by atoms with Crippen molar-refractivity contribution in [2.24, 2.45) is 0 Å². The predicted octanol–water partition coefficient (Wildman–Crippen LogP) is -1.23. The van der Waals surface area contributed by atoms with Crippen molar-refractivity contribution in [1.82, 2.24) is 9.80 Å². The second kappa shape index (κ2) is 17.1. The Balaban J connectivity index is 3.73. The Bertz CT molecular complexity index is 348. The molecule has 154 valence electrons. The Hall–Kier alpha value is -1.38. The van der Waals surface area contributed by atoms with Crippen LogP contribution in [-0.2, 0) is 28.8 Å². The van der Waals surface area contributed by atoms with E-state index < -0.39 is 11.9 Å². The summed E-state index contributed by atoms with van der Waals surface area (Å²) in [5, 5.41) is 34.1. The number of hydrogen-bond donors (Lipinski definition) is 4. The van der Waals surface area contributed by atoms with Crippen LogP contribution in [0.1, 0.15) is 0 Å². The molecule has 0 saturated heterocycles. The predicted molar refractivity (Wildman–Crippen MR) is 87.0 cm³/mol. The highest BCUT2D eigenvalue weighted by Crippen LogP contribution is 1.92. The molecule has 0 atom stereocenters. The first-order valence-electron chi connectivity index (χ1n) is 8.06. The highest BCUT2D eigenvalue weighted by molar-refractivity contribution is 5.72. The van der Waals surface area contributed by atoms with E-state index in [0.29, 0.717) is 32.8 Å². The molecule has 26 heavy (non-hydrogen) atoms. The Morgan fingerprint density at radius 1 is 0.615 bits per heavy atom. The van der Waals surface area contributed by atoms with Crippen molar-refractivity contribution in [1.29, 1.82) is 0 Å². The number of hydrogen-bond acceptors (Lipinski definition) is 10. The number of rotatable bonds is 19. The number of carbonyl (C=O) groups is 2. The molecule has 0 radical (unpaired) electrons. The molecule has 0 saturated carbocycles. The minimum absolute atomic E-state index is 0.123. The monoisotopic (exact) mass is 384 g/mol. The largest absolute Gasteiger partial charge is 0.480 e. The van der Waals surface area contributed by atoms with Crippen LogP contribution in [0.4, 0.5) is 0 Å². The van der Waals surface area contributed by atoms with Gasteiger partial charge in [0.25, 0.3) is 0 Å². The van der Waals surface area contributed by atoms with Crippen molar-refractivity contribution < 1.29 is 49.6 Å². The molecule has 12 nitrogen and oxygen atoms in total. The molecule has 0 fully saturated rings. The molecule has 0 amide bonds. The molecule has 0 aromatic rings. The molecule has 0 aromatic carbocycles. The standard InChI is InChI=1S/C14H28N2O10/c17-13(18)11-16(12-14(19)20)2-6-24-10-9-23-5-1-15(3-7-25-21)4-8-26-22/h21-22H,1-12H2,(H,17,18)(H,19,20). The Labute approximate surface area is 151 Å². The van der Waals surface area contributed by atoms with Crippen LogP contribution in [0.5, 0.6) is 0 Å². The van der Waals surface area contributed by atoms with Crippen LogP contribution >= 0.6 is 0 Å². The van der Waals surface area contributed by atoms with Gasteiger partial charge >= 0.3 is 11.9 Å². The van der Waals surface area contributed by atoms with Crippen LogP contribution < -0.4 is 0 Å². The van der Waals surface area contributed by atoms with Crippen LogP contribution in [-0.4, -0.2) is 121 Å². The lowest BCUT2D eigenvalue weighted by Crippen LogP contribution is -2.37. The van der Waals surface area contributed by atoms with Crippen molar-refractivity contribution in [3.63, 3.8) is 0 Å². The smallest absolute Gasteiger partial charge is 0.317 e. The van der Waals surface area contributed by atoms with Gasteiger partial charge in [-0.25, -0.2) is 9.78 Å². The van der Waals surface area contributed by atoms with Crippen LogP contribution in [0, 0.1) is 0 Å². The fraction of sp³-hybridized carbons (Fsp3) is 0.857. The zero-order valence-corrected chi connectivity index (χ0v) is 14.6. The average molecular weight is 384 g/mol. The van der Waals surface area contributed by atoms with Crippen LogP contribution in [0.2, 0.25) is 0 Å². The highest BCUT2D eigenvalue weighted by atomic mass is 17.1. The lowest BCUT2D eigenvalue weighted by molar-refractivity contribution is -0.251. The van der Waals surface area contributed by atoms with E-state index in [1.165, 1.54) is 4.90 Å². The zero-order chi connectivity index (χ0) is 19.6. The summed E-state index contributed by atoms with van der Waals surface area (Å²) >= 11 is 0. The molecule has 0 aliphatic rings. The second-order valence-corrected chi connectivity index (χ2v) is 5.23. The van der Waals surface area contributed by atoms with Gasteiger partial charge in [-0.2, -0.15) is 0 Å². The molecule has 0 aromatic heterocycles. The van der Waals surface area contributed by atoms with Crippen molar-refractivity contribution in [3.05, 3.63) is 0 Å². The Morgan fingerprint density at radius 3 is 1.38 bits per heavy atom. The quantitative estimate of drug-likeness (QED) is 0.120. The van der Waals surface area contributed by atoms with Gasteiger partial charge < -0.3 is 19.7 Å². The molecule has 0 heterocycles. The maximum atomic E-state index is 10.6. The summed E-state index contributed by atoms with van der Waals surface area (Å²) in [6.45, 7) is 2.33. The molecule has 0 unspecified atom stereocenters. The minimum Gasteiger partial charge on any atom is -0.480 e. The van der Waals surface area contributed by atoms with E-state index in [4.69, 9.17) is 30.2 Å². The molecular formula is C14H28N2O10. The fourth-order valence-electron chi connectivity index (χ4n) is 1.98. The van der Waals surface area contributed by atoms with E-state index in [-0.39, 0.29) is 46.1 Å². The summed E-state index contributed by atoms with van der Waals surface area (Å²) in [4.78, 5) is 32.4. The summed E-state index contributed by atoms with van der Waals surface area (Å²) in [7, 11) is 0. The first-order valence-corrected chi connectivity index (χ1v) is 8.06. The normalized spacial score (nSPS) is 11.4. The molecule has 0 aliphatic heterocycles. The average Bonchev–Trinajstić information content (AvgIpc) is 2.57. The zero-order valence-electron chi connectivity index (χ0n) is 14.6. The summed E-state index contributed by atoms with van der Waals surface area (Å²) < 4.78 is 10.7. The summed E-state index contributed by atoms with van der Waals surface area (Å²) in [5.41, 5.74) is 0. The first kappa shape index (κ1) is 24.6. The fourth-order valence-corrected chi connectivity index (χ4v) is 1.98. The molecule has 4 N–H and O–H groups in total. The number of carboxylic acid groups (broad SMARTS) is 2. The molecular weight excluding hydrogens is 356 g/mol. The lowest BCUT2D eigenvalue weighted by atomic mass is 10.4. The number of carboxylic acids is 2. The van der Waals surface area contributed by atoms with Crippen LogP contribution in [0.25, 0.3) is 0 Å². The highest BCUT2D eigenvalue weighted by Gasteiger charge is 2.12. The van der Waals surface area contributed by atoms with Crippen molar-refractivity contribution in [2.75, 3.05) is 78.9 Å². The third-order valence-corrected chi connectivity index (χ3v) is 3.19. The van der Waals surface area contributed by atoms with Crippen molar-refractivity contribution in [3.8, 4) is 0 Å². The maximum Gasteiger partial charge on any atom is 0.317 e. The van der Waals surface area contributed by atoms with Gasteiger partial charge in [0.2, 0.25) is 0 Å². The third kappa shape index (κ3) is 16.1. The molecule has 0 rings (SSSR count). The molecule has 0 spiro atoms. The van der Waals surface area contributed by atoms with E-state index >= 15 is 0 Å². The van der Waals surface area contributed by atoms with E-state index in [9.17, 15) is 9.59 Å². The molecule has 12 heteroatoms. The maximum absolute atomic E-state index is 10.6. The van der Waals surface area contributed by atoms with E-state index in [2.05, 4.69) is 9.78 Å². The van der Waals surface area contributed by atoms with E-state index in [1.807, 2.05) is 4.90 Å². The summed E-state index contributed by atoms with van der Waals surface area (Å²) in [6, 6.07) is 0. The third-order valence-electron chi connectivity index (χ3n) is 3.19.